The first kappa shape index (κ1) is 9.52. The molecule has 0 aliphatic carbocycles. The molecule has 0 aromatic carbocycles. The molecule has 0 aliphatic rings. The van der Waals surface area contributed by atoms with Gasteiger partial charge in [-0.05, 0) is 6.92 Å². The summed E-state index contributed by atoms with van der Waals surface area (Å²) in [7, 11) is 0. The third kappa shape index (κ3) is 1.78. The highest BCUT2D eigenvalue weighted by atomic mass is 19.3. The molecule has 0 saturated carbocycles. The first-order valence-corrected chi connectivity index (χ1v) is 3.41. The van der Waals surface area contributed by atoms with E-state index in [1.165, 1.54) is 6.92 Å². The first-order valence-electron chi connectivity index (χ1n) is 3.41. The minimum Gasteiger partial charge on any atom is -0.251 e. The summed E-state index contributed by atoms with van der Waals surface area (Å²) in [6.45, 7) is 1.31. The van der Waals surface area contributed by atoms with Crippen molar-refractivity contribution in [3.8, 4) is 6.07 Å². The minimum absolute atomic E-state index is 0.0159. The van der Waals surface area contributed by atoms with Crippen LogP contribution in [0.5, 0.6) is 0 Å². The highest BCUT2D eigenvalue weighted by molar-refractivity contribution is 5.35. The fourth-order valence-electron chi connectivity index (χ4n) is 0.903. The van der Waals surface area contributed by atoms with E-state index in [2.05, 4.69) is 4.98 Å². The van der Waals surface area contributed by atoms with E-state index in [9.17, 15) is 13.2 Å². The normalized spacial score (nSPS) is 10.2. The van der Waals surface area contributed by atoms with Crippen molar-refractivity contribution in [1.82, 2.24) is 4.98 Å². The van der Waals surface area contributed by atoms with E-state index >= 15 is 0 Å². The number of pyridine rings is 1. The second-order valence-corrected chi connectivity index (χ2v) is 2.40. The Labute approximate surface area is 72.6 Å². The lowest BCUT2D eigenvalue weighted by Gasteiger charge is -2.02. The number of alkyl halides is 2. The topological polar surface area (TPSA) is 36.7 Å². The number of aryl methyl sites for hydroxylation is 1. The van der Waals surface area contributed by atoms with E-state index in [1.807, 2.05) is 0 Å². The number of hydrogen-bond donors (Lipinski definition) is 0. The Bertz CT molecular complexity index is 345. The van der Waals surface area contributed by atoms with E-state index in [0.717, 1.165) is 0 Å². The van der Waals surface area contributed by atoms with Gasteiger partial charge in [0, 0.05) is 6.07 Å². The van der Waals surface area contributed by atoms with E-state index in [4.69, 9.17) is 5.26 Å². The summed E-state index contributed by atoms with van der Waals surface area (Å²) in [6.07, 6.45) is -2.82. The Morgan fingerprint density at radius 1 is 1.54 bits per heavy atom. The lowest BCUT2D eigenvalue weighted by Crippen LogP contribution is -1.99. The van der Waals surface area contributed by atoms with Crippen molar-refractivity contribution < 1.29 is 13.2 Å². The zero-order valence-electron chi connectivity index (χ0n) is 6.68. The van der Waals surface area contributed by atoms with Gasteiger partial charge in [0.15, 0.2) is 0 Å². The van der Waals surface area contributed by atoms with Crippen molar-refractivity contribution >= 4 is 0 Å². The molecular weight excluding hydrogens is 181 g/mol. The molecule has 0 saturated heterocycles. The third-order valence-corrected chi connectivity index (χ3v) is 1.51. The van der Waals surface area contributed by atoms with Crippen LogP contribution in [0.15, 0.2) is 6.07 Å². The van der Waals surface area contributed by atoms with Crippen LogP contribution in [0.2, 0.25) is 0 Å². The standard InChI is InChI=1S/C8H5F3N2/c1-4-5(3-12)6(9)2-7(13-4)8(10)11/h2,8H,1H3. The molecule has 5 heteroatoms. The maximum Gasteiger partial charge on any atom is 0.280 e. The van der Waals surface area contributed by atoms with Crippen LogP contribution in [-0.4, -0.2) is 4.98 Å². The second kappa shape index (κ2) is 3.44. The van der Waals surface area contributed by atoms with E-state index < -0.39 is 17.9 Å². The van der Waals surface area contributed by atoms with Gasteiger partial charge in [0.2, 0.25) is 0 Å². The summed E-state index contributed by atoms with van der Waals surface area (Å²) in [5.74, 6) is -0.953. The molecule has 1 heterocycles. The number of nitrogens with zero attached hydrogens (tertiary/aromatic N) is 2. The summed E-state index contributed by atoms with van der Waals surface area (Å²) in [5, 5.41) is 8.41. The van der Waals surface area contributed by atoms with Gasteiger partial charge >= 0.3 is 0 Å². The predicted octanol–water partition coefficient (Wildman–Crippen LogP) is 2.34. The van der Waals surface area contributed by atoms with E-state index in [1.54, 1.807) is 6.07 Å². The highest BCUT2D eigenvalue weighted by Crippen LogP contribution is 2.20. The van der Waals surface area contributed by atoms with Crippen molar-refractivity contribution in [2.45, 2.75) is 13.3 Å². The van der Waals surface area contributed by atoms with Crippen LogP contribution in [0.4, 0.5) is 13.2 Å². The summed E-state index contributed by atoms with van der Waals surface area (Å²) >= 11 is 0. The van der Waals surface area contributed by atoms with Crippen molar-refractivity contribution in [3.05, 3.63) is 28.8 Å². The Hall–Kier alpha value is -1.57. The van der Waals surface area contributed by atoms with E-state index in [0.29, 0.717) is 6.07 Å². The molecule has 0 spiro atoms. The molecule has 0 N–H and O–H groups in total. The van der Waals surface area contributed by atoms with Crippen LogP contribution in [0.3, 0.4) is 0 Å². The summed E-state index contributed by atoms with van der Waals surface area (Å²) < 4.78 is 37.0. The van der Waals surface area contributed by atoms with Gasteiger partial charge in [-0.25, -0.2) is 13.2 Å². The smallest absolute Gasteiger partial charge is 0.251 e. The SMILES string of the molecule is Cc1nc(C(F)F)cc(F)c1C#N. The molecule has 0 radical (unpaired) electrons. The Kier molecular flexibility index (Phi) is 2.52. The van der Waals surface area contributed by atoms with Gasteiger partial charge in [0.1, 0.15) is 23.1 Å². The zero-order chi connectivity index (χ0) is 10.0. The average molecular weight is 186 g/mol. The maximum absolute atomic E-state index is 12.9. The molecule has 0 bridgehead atoms. The van der Waals surface area contributed by atoms with Crippen molar-refractivity contribution in [2.75, 3.05) is 0 Å². The van der Waals surface area contributed by atoms with Crippen LogP contribution in [-0.2, 0) is 0 Å². The first-order chi connectivity index (χ1) is 6.06. The molecule has 0 unspecified atom stereocenters. The van der Waals surface area contributed by atoms with Gasteiger partial charge in [-0.2, -0.15) is 5.26 Å². The number of nitriles is 1. The Morgan fingerprint density at radius 3 is 2.54 bits per heavy atom. The predicted molar refractivity (Wildman–Crippen MR) is 38.6 cm³/mol. The Balaban J connectivity index is 3.30. The molecule has 0 aliphatic heterocycles. The van der Waals surface area contributed by atoms with Crippen LogP contribution < -0.4 is 0 Å². The number of halogens is 3. The van der Waals surface area contributed by atoms with E-state index in [-0.39, 0.29) is 11.3 Å². The summed E-state index contributed by atoms with van der Waals surface area (Å²) in [4.78, 5) is 3.39. The fourth-order valence-corrected chi connectivity index (χ4v) is 0.903. The molecule has 0 atom stereocenters. The van der Waals surface area contributed by atoms with Crippen LogP contribution in [0.1, 0.15) is 23.4 Å². The lowest BCUT2D eigenvalue weighted by molar-refractivity contribution is 0.145. The monoisotopic (exact) mass is 186 g/mol. The molecule has 1 aromatic rings. The highest BCUT2D eigenvalue weighted by Gasteiger charge is 2.14. The summed E-state index contributed by atoms with van der Waals surface area (Å²) in [5.41, 5.74) is -0.948. The molecule has 13 heavy (non-hydrogen) atoms. The fraction of sp³-hybridized carbons (Fsp3) is 0.250. The van der Waals surface area contributed by atoms with Crippen LogP contribution in [0.25, 0.3) is 0 Å². The van der Waals surface area contributed by atoms with Crippen LogP contribution in [0, 0.1) is 24.1 Å². The average Bonchev–Trinajstić information content (AvgIpc) is 2.03. The minimum atomic E-state index is -2.82. The molecule has 68 valence electrons. The number of hydrogen-bond acceptors (Lipinski definition) is 2. The Morgan fingerprint density at radius 2 is 2.15 bits per heavy atom. The molecule has 0 amide bonds. The van der Waals surface area contributed by atoms with Gasteiger partial charge in [-0.1, -0.05) is 0 Å². The van der Waals surface area contributed by atoms with Crippen molar-refractivity contribution in [1.29, 1.82) is 5.26 Å². The van der Waals surface area contributed by atoms with Crippen molar-refractivity contribution in [2.24, 2.45) is 0 Å². The quantitative estimate of drug-likeness (QED) is 0.674. The molecule has 1 aromatic heterocycles. The molecule has 0 fully saturated rings. The lowest BCUT2D eigenvalue weighted by atomic mass is 10.2. The maximum atomic E-state index is 12.9. The molecule has 2 nitrogen and oxygen atoms in total. The van der Waals surface area contributed by atoms with Gasteiger partial charge in [0.25, 0.3) is 6.43 Å². The van der Waals surface area contributed by atoms with Gasteiger partial charge in [-0.3, -0.25) is 4.98 Å². The van der Waals surface area contributed by atoms with Crippen LogP contribution >= 0.6 is 0 Å². The number of aromatic nitrogens is 1. The largest absolute Gasteiger partial charge is 0.280 e. The molecule has 1 rings (SSSR count). The van der Waals surface area contributed by atoms with Crippen molar-refractivity contribution in [3.63, 3.8) is 0 Å². The molecular formula is C8H5F3N2. The second-order valence-electron chi connectivity index (χ2n) is 2.40. The third-order valence-electron chi connectivity index (χ3n) is 1.51. The van der Waals surface area contributed by atoms with Gasteiger partial charge < -0.3 is 0 Å². The summed E-state index contributed by atoms with van der Waals surface area (Å²) in [6, 6.07) is 2.13. The zero-order valence-corrected chi connectivity index (χ0v) is 6.68. The van der Waals surface area contributed by atoms with Gasteiger partial charge in [0.05, 0.1) is 5.69 Å². The van der Waals surface area contributed by atoms with Gasteiger partial charge in [-0.15, -0.1) is 0 Å². The number of rotatable bonds is 1.